The lowest BCUT2D eigenvalue weighted by Gasteiger charge is -2.34. The number of hydrogen-bond acceptors (Lipinski definition) is 6. The molecular weight excluding hydrogens is 472 g/mol. The van der Waals surface area contributed by atoms with E-state index in [4.69, 9.17) is 19.7 Å². The van der Waals surface area contributed by atoms with E-state index in [2.05, 4.69) is 62.1 Å². The molecule has 2 aliphatic heterocycles. The number of Topliss-reactive ketones (excluding diaryl/α,β-unsaturated/α-hetero) is 1. The van der Waals surface area contributed by atoms with E-state index >= 15 is 0 Å². The van der Waals surface area contributed by atoms with Crippen LogP contribution in [0.3, 0.4) is 0 Å². The molecule has 0 unspecified atom stereocenters. The standard InChI is InChI=1S/C32H36N4O2/c1-20-15-24-7-6-23(17-28(24)33-20)22-8-9-29-25(16-22)19-36(13-14-38-29)31-26-18-32(3,4)12-11-27(26)34-30(35-31)10-5-21(2)37/h6-9,16-17H,5,10-15,18-19H2,1-4H3. The average Bonchev–Trinajstić information content (AvgIpc) is 3.12. The van der Waals surface area contributed by atoms with Gasteiger partial charge in [0.1, 0.15) is 29.8 Å². The predicted molar refractivity (Wildman–Crippen MR) is 152 cm³/mol. The number of fused-ring (bicyclic) bond motifs is 3. The largest absolute Gasteiger partial charge is 0.491 e. The van der Waals surface area contributed by atoms with E-state index in [0.29, 0.717) is 19.4 Å². The van der Waals surface area contributed by atoms with E-state index in [1.54, 1.807) is 6.92 Å². The molecular formula is C32H36N4O2. The Kier molecular flexibility index (Phi) is 6.29. The van der Waals surface area contributed by atoms with Gasteiger partial charge in [-0.05, 0) is 73.4 Å². The Morgan fingerprint density at radius 3 is 2.74 bits per heavy atom. The summed E-state index contributed by atoms with van der Waals surface area (Å²) < 4.78 is 6.22. The summed E-state index contributed by atoms with van der Waals surface area (Å²) in [5.41, 5.74) is 9.69. The maximum absolute atomic E-state index is 11.7. The van der Waals surface area contributed by atoms with Gasteiger partial charge in [-0.15, -0.1) is 0 Å². The van der Waals surface area contributed by atoms with Crippen molar-refractivity contribution in [2.45, 2.75) is 72.8 Å². The summed E-state index contributed by atoms with van der Waals surface area (Å²) in [6.45, 7) is 10.5. The zero-order chi connectivity index (χ0) is 26.4. The lowest BCUT2D eigenvalue weighted by Crippen LogP contribution is -2.32. The first-order valence-electron chi connectivity index (χ1n) is 13.8. The number of rotatable bonds is 5. The number of aromatic nitrogens is 2. The SMILES string of the molecule is CC(=O)CCc1nc2c(c(N3CCOc4ccc(-c5ccc6c(c5)N=C(C)C6)cc4C3)n1)CC(C)(C)CC2. The molecule has 3 aliphatic rings. The van der Waals surface area contributed by atoms with Gasteiger partial charge in [0.15, 0.2) is 0 Å². The molecule has 6 nitrogen and oxygen atoms in total. The van der Waals surface area contributed by atoms with Gasteiger partial charge in [-0.1, -0.05) is 32.0 Å². The Balaban J connectivity index is 1.36. The van der Waals surface area contributed by atoms with Gasteiger partial charge >= 0.3 is 0 Å². The van der Waals surface area contributed by atoms with Crippen LogP contribution < -0.4 is 9.64 Å². The Morgan fingerprint density at radius 1 is 1.08 bits per heavy atom. The van der Waals surface area contributed by atoms with Gasteiger partial charge in [-0.3, -0.25) is 4.99 Å². The smallest absolute Gasteiger partial charge is 0.136 e. The third-order valence-corrected chi connectivity index (χ3v) is 8.03. The third-order valence-electron chi connectivity index (χ3n) is 8.03. The van der Waals surface area contributed by atoms with Gasteiger partial charge in [0.2, 0.25) is 0 Å². The number of carbonyl (C=O) groups excluding carboxylic acids is 1. The number of ether oxygens (including phenoxy) is 1. The zero-order valence-electron chi connectivity index (χ0n) is 22.9. The van der Waals surface area contributed by atoms with Crippen LogP contribution in [0.25, 0.3) is 11.1 Å². The molecule has 3 heterocycles. The number of ketones is 1. The summed E-state index contributed by atoms with van der Waals surface area (Å²) in [6, 6.07) is 13.1. The molecule has 3 aromatic rings. The van der Waals surface area contributed by atoms with Crippen LogP contribution in [0.15, 0.2) is 41.4 Å². The van der Waals surface area contributed by atoms with Crippen LogP contribution in [0.5, 0.6) is 5.75 Å². The Hall–Kier alpha value is -3.54. The molecule has 0 amide bonds. The van der Waals surface area contributed by atoms with E-state index in [0.717, 1.165) is 73.1 Å². The van der Waals surface area contributed by atoms with Crippen LogP contribution >= 0.6 is 0 Å². The monoisotopic (exact) mass is 508 g/mol. The van der Waals surface area contributed by atoms with E-state index < -0.39 is 0 Å². The van der Waals surface area contributed by atoms with Crippen LogP contribution in [0.4, 0.5) is 11.5 Å². The zero-order valence-corrected chi connectivity index (χ0v) is 22.9. The summed E-state index contributed by atoms with van der Waals surface area (Å²) in [5.74, 6) is 2.91. The fourth-order valence-electron chi connectivity index (χ4n) is 5.91. The molecule has 0 N–H and O–H groups in total. The molecule has 1 aromatic heterocycles. The second-order valence-electron chi connectivity index (χ2n) is 11.9. The lowest BCUT2D eigenvalue weighted by molar-refractivity contribution is -0.117. The first-order chi connectivity index (χ1) is 18.2. The molecule has 38 heavy (non-hydrogen) atoms. The number of nitrogens with zero attached hydrogens (tertiary/aromatic N) is 4. The van der Waals surface area contributed by atoms with Crippen LogP contribution in [0.1, 0.15) is 68.7 Å². The highest BCUT2D eigenvalue weighted by atomic mass is 16.5. The van der Waals surface area contributed by atoms with E-state index in [1.165, 1.54) is 28.0 Å². The average molecular weight is 509 g/mol. The van der Waals surface area contributed by atoms with E-state index in [-0.39, 0.29) is 11.2 Å². The first kappa shape index (κ1) is 24.8. The summed E-state index contributed by atoms with van der Waals surface area (Å²) in [5, 5.41) is 0. The highest BCUT2D eigenvalue weighted by molar-refractivity contribution is 5.93. The second-order valence-corrected chi connectivity index (χ2v) is 11.9. The van der Waals surface area contributed by atoms with Gasteiger partial charge in [0.25, 0.3) is 0 Å². The fraction of sp³-hybridized carbons (Fsp3) is 0.438. The Morgan fingerprint density at radius 2 is 1.89 bits per heavy atom. The number of anilines is 1. The van der Waals surface area contributed by atoms with Gasteiger partial charge in [-0.2, -0.15) is 0 Å². The molecule has 0 bridgehead atoms. The molecule has 6 rings (SSSR count). The number of aliphatic imine (C=N–C) groups is 1. The highest BCUT2D eigenvalue weighted by Crippen LogP contribution is 2.40. The molecule has 0 spiro atoms. The normalized spacial score (nSPS) is 17.6. The van der Waals surface area contributed by atoms with Crippen molar-refractivity contribution in [2.75, 3.05) is 18.1 Å². The minimum Gasteiger partial charge on any atom is -0.491 e. The number of hydrogen-bond donors (Lipinski definition) is 0. The fourth-order valence-corrected chi connectivity index (χ4v) is 5.91. The number of aryl methyl sites for hydroxylation is 2. The first-order valence-corrected chi connectivity index (χ1v) is 13.8. The second kappa shape index (κ2) is 9.64. The molecule has 0 atom stereocenters. The summed E-state index contributed by atoms with van der Waals surface area (Å²) >= 11 is 0. The van der Waals surface area contributed by atoms with Crippen molar-refractivity contribution in [3.63, 3.8) is 0 Å². The van der Waals surface area contributed by atoms with Crippen molar-refractivity contribution in [2.24, 2.45) is 10.4 Å². The van der Waals surface area contributed by atoms with E-state index in [1.807, 2.05) is 0 Å². The molecule has 2 aromatic carbocycles. The van der Waals surface area contributed by atoms with Crippen molar-refractivity contribution in [1.82, 2.24) is 9.97 Å². The predicted octanol–water partition coefficient (Wildman–Crippen LogP) is 6.23. The van der Waals surface area contributed by atoms with Crippen LogP contribution in [-0.2, 0) is 37.0 Å². The van der Waals surface area contributed by atoms with Crippen molar-refractivity contribution >= 4 is 23.0 Å². The summed E-state index contributed by atoms with van der Waals surface area (Å²) in [6.07, 6.45) is 5.04. The highest BCUT2D eigenvalue weighted by Gasteiger charge is 2.31. The lowest BCUT2D eigenvalue weighted by atomic mass is 9.76. The summed E-state index contributed by atoms with van der Waals surface area (Å²) in [4.78, 5) is 28.8. The quantitative estimate of drug-likeness (QED) is 0.409. The van der Waals surface area contributed by atoms with Crippen LogP contribution in [0.2, 0.25) is 0 Å². The van der Waals surface area contributed by atoms with Crippen molar-refractivity contribution in [3.05, 3.63) is 64.6 Å². The van der Waals surface area contributed by atoms with Gasteiger partial charge < -0.3 is 14.4 Å². The van der Waals surface area contributed by atoms with Gasteiger partial charge in [-0.25, -0.2) is 9.97 Å². The van der Waals surface area contributed by atoms with Crippen molar-refractivity contribution in [1.29, 1.82) is 0 Å². The van der Waals surface area contributed by atoms with Crippen LogP contribution in [0, 0.1) is 5.41 Å². The molecule has 6 heteroatoms. The van der Waals surface area contributed by atoms with Gasteiger partial charge in [0.05, 0.1) is 12.2 Å². The van der Waals surface area contributed by atoms with Crippen LogP contribution in [-0.4, -0.2) is 34.6 Å². The third kappa shape index (κ3) is 4.96. The molecule has 0 saturated carbocycles. The topological polar surface area (TPSA) is 67.7 Å². The Bertz CT molecular complexity index is 1460. The number of benzene rings is 2. The molecule has 0 fully saturated rings. The van der Waals surface area contributed by atoms with Gasteiger partial charge in [0, 0.05) is 48.3 Å². The molecule has 1 aliphatic carbocycles. The Labute approximate surface area is 225 Å². The number of carbonyl (C=O) groups is 1. The maximum atomic E-state index is 11.7. The minimum atomic E-state index is 0.172. The molecule has 196 valence electrons. The maximum Gasteiger partial charge on any atom is 0.136 e. The summed E-state index contributed by atoms with van der Waals surface area (Å²) in [7, 11) is 0. The van der Waals surface area contributed by atoms with E-state index in [9.17, 15) is 4.79 Å². The van der Waals surface area contributed by atoms with Crippen molar-refractivity contribution in [3.8, 4) is 16.9 Å². The van der Waals surface area contributed by atoms with Crippen molar-refractivity contribution < 1.29 is 9.53 Å². The minimum absolute atomic E-state index is 0.172. The molecule has 0 saturated heterocycles. The molecule has 0 radical (unpaired) electrons.